The van der Waals surface area contributed by atoms with Gasteiger partial charge in [-0.1, -0.05) is 35.7 Å². The maximum Gasteiger partial charge on any atom is 0.124 e. The van der Waals surface area contributed by atoms with E-state index < -0.39 is 0 Å². The summed E-state index contributed by atoms with van der Waals surface area (Å²) in [5.74, 6) is 2.12. The summed E-state index contributed by atoms with van der Waals surface area (Å²) >= 11 is 3.40. The molecule has 0 heterocycles. The third kappa shape index (κ3) is 4.29. The number of rotatable bonds is 5. The van der Waals surface area contributed by atoms with Gasteiger partial charge in [0.15, 0.2) is 0 Å². The molecule has 3 heteroatoms. The van der Waals surface area contributed by atoms with Gasteiger partial charge >= 0.3 is 0 Å². The van der Waals surface area contributed by atoms with E-state index in [4.69, 9.17) is 0 Å². The molecule has 0 saturated heterocycles. The lowest BCUT2D eigenvalue weighted by molar-refractivity contribution is 0.173. The summed E-state index contributed by atoms with van der Waals surface area (Å²) in [6, 6.07) is 5.29. The summed E-state index contributed by atoms with van der Waals surface area (Å²) in [4.78, 5) is 0. The van der Waals surface area contributed by atoms with Crippen molar-refractivity contribution in [1.82, 2.24) is 5.32 Å². The van der Waals surface area contributed by atoms with Crippen molar-refractivity contribution in [3.8, 4) is 0 Å². The average molecular weight is 342 g/mol. The van der Waals surface area contributed by atoms with E-state index in [1.54, 1.807) is 6.07 Å². The molecule has 2 rings (SSSR count). The molecule has 20 heavy (non-hydrogen) atoms. The molecular formula is C17H25BrFN. The topological polar surface area (TPSA) is 12.0 Å². The molecule has 1 fully saturated rings. The Morgan fingerprint density at radius 3 is 2.70 bits per heavy atom. The van der Waals surface area contributed by atoms with Crippen LogP contribution < -0.4 is 5.32 Å². The van der Waals surface area contributed by atoms with E-state index in [0.29, 0.717) is 5.92 Å². The highest BCUT2D eigenvalue weighted by Crippen LogP contribution is 2.37. The zero-order valence-electron chi connectivity index (χ0n) is 12.5. The Hall–Kier alpha value is -0.410. The maximum absolute atomic E-state index is 13.5. The minimum Gasteiger partial charge on any atom is -0.319 e. The molecule has 1 saturated carbocycles. The second-order valence-corrected chi connectivity index (χ2v) is 7.06. The first-order valence-corrected chi connectivity index (χ1v) is 8.51. The Morgan fingerprint density at radius 2 is 2.05 bits per heavy atom. The highest BCUT2D eigenvalue weighted by molar-refractivity contribution is 9.10. The van der Waals surface area contributed by atoms with Gasteiger partial charge in [0.2, 0.25) is 0 Å². The van der Waals surface area contributed by atoms with E-state index >= 15 is 0 Å². The van der Waals surface area contributed by atoms with Gasteiger partial charge in [0, 0.05) is 4.47 Å². The van der Waals surface area contributed by atoms with Gasteiger partial charge in [0.1, 0.15) is 5.82 Å². The molecule has 1 aromatic rings. The summed E-state index contributed by atoms with van der Waals surface area (Å²) in [6.07, 6.45) is 6.22. The molecule has 0 aliphatic heterocycles. The second kappa shape index (κ2) is 7.56. The lowest BCUT2D eigenvalue weighted by atomic mass is 9.71. The summed E-state index contributed by atoms with van der Waals surface area (Å²) in [6.45, 7) is 3.37. The molecular weight excluding hydrogens is 317 g/mol. The Morgan fingerprint density at radius 1 is 1.25 bits per heavy atom. The van der Waals surface area contributed by atoms with Crippen LogP contribution in [0.3, 0.4) is 0 Å². The normalized spacial score (nSPS) is 26.7. The zero-order valence-corrected chi connectivity index (χ0v) is 14.0. The quantitative estimate of drug-likeness (QED) is 0.811. The Balaban J connectivity index is 2.09. The monoisotopic (exact) mass is 341 g/mol. The third-order valence-corrected chi connectivity index (χ3v) is 5.17. The van der Waals surface area contributed by atoms with Gasteiger partial charge in [-0.2, -0.15) is 0 Å². The highest BCUT2D eigenvalue weighted by Gasteiger charge is 2.29. The van der Waals surface area contributed by atoms with Crippen LogP contribution in [0.1, 0.15) is 38.2 Å². The second-order valence-electron chi connectivity index (χ2n) is 6.15. The average Bonchev–Trinajstić information content (AvgIpc) is 2.40. The van der Waals surface area contributed by atoms with Crippen LogP contribution >= 0.6 is 15.9 Å². The van der Waals surface area contributed by atoms with Gasteiger partial charge in [-0.05, 0) is 74.4 Å². The van der Waals surface area contributed by atoms with Crippen LogP contribution in [-0.4, -0.2) is 13.6 Å². The van der Waals surface area contributed by atoms with Crippen molar-refractivity contribution in [2.45, 2.75) is 39.0 Å². The minimum atomic E-state index is -0.137. The number of halogens is 2. The number of nitrogens with one attached hydrogen (secondary N) is 1. The Kier molecular flexibility index (Phi) is 6.03. The molecule has 0 amide bonds. The van der Waals surface area contributed by atoms with E-state index in [1.807, 2.05) is 7.05 Å². The molecule has 0 bridgehead atoms. The fourth-order valence-electron chi connectivity index (χ4n) is 3.61. The summed E-state index contributed by atoms with van der Waals surface area (Å²) in [5.41, 5.74) is 1.12. The van der Waals surface area contributed by atoms with Crippen molar-refractivity contribution in [2.24, 2.45) is 17.8 Å². The van der Waals surface area contributed by atoms with Gasteiger partial charge < -0.3 is 5.32 Å². The van der Waals surface area contributed by atoms with Crippen LogP contribution in [0.5, 0.6) is 0 Å². The molecule has 0 aromatic heterocycles. The van der Waals surface area contributed by atoms with Gasteiger partial charge in [-0.3, -0.25) is 0 Å². The molecule has 1 aliphatic rings. The van der Waals surface area contributed by atoms with Crippen molar-refractivity contribution >= 4 is 15.9 Å². The van der Waals surface area contributed by atoms with Gasteiger partial charge in [-0.15, -0.1) is 0 Å². The number of benzene rings is 1. The molecule has 3 atom stereocenters. The van der Waals surface area contributed by atoms with E-state index in [9.17, 15) is 4.39 Å². The predicted octanol–water partition coefficient (Wildman–Crippen LogP) is 4.79. The zero-order chi connectivity index (χ0) is 14.5. The summed E-state index contributed by atoms with van der Waals surface area (Å²) in [7, 11) is 2.03. The van der Waals surface area contributed by atoms with E-state index in [0.717, 1.165) is 34.8 Å². The number of hydrogen-bond donors (Lipinski definition) is 1. The molecule has 3 unspecified atom stereocenters. The standard InChI is InChI=1S/C17H25BrFN/c1-3-12-4-5-14(11-20-2)15(6-12)7-13-8-16(18)10-17(19)9-13/h8-10,12,14-15,20H,3-7,11H2,1-2H3. The Labute approximate surface area is 130 Å². The van der Waals surface area contributed by atoms with Crippen molar-refractivity contribution < 1.29 is 4.39 Å². The molecule has 0 spiro atoms. The summed E-state index contributed by atoms with van der Waals surface area (Å²) < 4.78 is 14.4. The predicted molar refractivity (Wildman–Crippen MR) is 86.3 cm³/mol. The minimum absolute atomic E-state index is 0.137. The fourth-order valence-corrected chi connectivity index (χ4v) is 4.12. The van der Waals surface area contributed by atoms with Crippen LogP contribution in [0.25, 0.3) is 0 Å². The first-order valence-electron chi connectivity index (χ1n) is 7.72. The van der Waals surface area contributed by atoms with Crippen molar-refractivity contribution in [3.05, 3.63) is 34.1 Å². The smallest absolute Gasteiger partial charge is 0.124 e. The Bertz CT molecular complexity index is 415. The molecule has 0 radical (unpaired) electrons. The van der Waals surface area contributed by atoms with Crippen LogP contribution in [0.4, 0.5) is 4.39 Å². The molecule has 1 aliphatic carbocycles. The highest BCUT2D eigenvalue weighted by atomic mass is 79.9. The largest absolute Gasteiger partial charge is 0.319 e. The van der Waals surface area contributed by atoms with Gasteiger partial charge in [0.25, 0.3) is 0 Å². The van der Waals surface area contributed by atoms with E-state index in [1.165, 1.54) is 31.7 Å². The van der Waals surface area contributed by atoms with Gasteiger partial charge in [-0.25, -0.2) is 4.39 Å². The van der Waals surface area contributed by atoms with Crippen LogP contribution in [0, 0.1) is 23.6 Å². The van der Waals surface area contributed by atoms with Gasteiger partial charge in [0.05, 0.1) is 0 Å². The van der Waals surface area contributed by atoms with Crippen molar-refractivity contribution in [1.29, 1.82) is 0 Å². The van der Waals surface area contributed by atoms with E-state index in [2.05, 4.69) is 34.2 Å². The van der Waals surface area contributed by atoms with Crippen molar-refractivity contribution in [2.75, 3.05) is 13.6 Å². The van der Waals surface area contributed by atoms with E-state index in [-0.39, 0.29) is 5.82 Å². The molecule has 112 valence electrons. The number of hydrogen-bond acceptors (Lipinski definition) is 1. The van der Waals surface area contributed by atoms with Crippen LogP contribution in [0.2, 0.25) is 0 Å². The SMILES string of the molecule is CCC1CCC(CNC)C(Cc2cc(F)cc(Br)c2)C1. The molecule has 1 N–H and O–H groups in total. The molecule has 1 aromatic carbocycles. The first-order chi connectivity index (χ1) is 9.62. The first kappa shape index (κ1) is 16.0. The van der Waals surface area contributed by atoms with Crippen molar-refractivity contribution in [3.63, 3.8) is 0 Å². The third-order valence-electron chi connectivity index (χ3n) is 4.71. The van der Waals surface area contributed by atoms with Crippen LogP contribution in [-0.2, 0) is 6.42 Å². The van der Waals surface area contributed by atoms with Crippen LogP contribution in [0.15, 0.2) is 22.7 Å². The lowest BCUT2D eigenvalue weighted by Gasteiger charge is -2.36. The summed E-state index contributed by atoms with van der Waals surface area (Å²) in [5, 5.41) is 3.33. The fraction of sp³-hybridized carbons (Fsp3) is 0.647. The molecule has 1 nitrogen and oxygen atoms in total. The maximum atomic E-state index is 13.5. The lowest BCUT2D eigenvalue weighted by Crippen LogP contribution is -2.33.